The van der Waals surface area contributed by atoms with Crippen molar-refractivity contribution in [2.24, 2.45) is 7.05 Å². The van der Waals surface area contributed by atoms with Crippen LogP contribution < -0.4 is 5.32 Å². The van der Waals surface area contributed by atoms with Crippen LogP contribution in [0.4, 0.5) is 4.39 Å². The summed E-state index contributed by atoms with van der Waals surface area (Å²) in [7, 11) is 1.71. The highest BCUT2D eigenvalue weighted by Gasteiger charge is 2.16. The Balaban J connectivity index is 1.72. The quantitative estimate of drug-likeness (QED) is 0.783. The molecular weight excluding hydrogens is 309 g/mol. The molecule has 124 valence electrons. The minimum atomic E-state index is -0.305. The molecule has 2 heterocycles. The van der Waals surface area contributed by atoms with Crippen molar-refractivity contribution in [1.82, 2.24) is 15.1 Å². The number of rotatable bonds is 5. The molecule has 1 amide bonds. The zero-order chi connectivity index (χ0) is 17.1. The van der Waals surface area contributed by atoms with Crippen molar-refractivity contribution >= 4 is 5.91 Å². The van der Waals surface area contributed by atoms with Crippen LogP contribution in [0.1, 0.15) is 23.0 Å². The fourth-order valence-electron chi connectivity index (χ4n) is 2.55. The van der Waals surface area contributed by atoms with Gasteiger partial charge < -0.3 is 9.73 Å². The summed E-state index contributed by atoms with van der Waals surface area (Å²) in [6.45, 7) is 1.93. The second-order valence-electron chi connectivity index (χ2n) is 5.76. The van der Waals surface area contributed by atoms with Crippen LogP contribution in [0.2, 0.25) is 0 Å². The Labute approximate surface area is 139 Å². The lowest BCUT2D eigenvalue weighted by molar-refractivity contribution is 0.0930. The van der Waals surface area contributed by atoms with Crippen LogP contribution in [0, 0.1) is 5.82 Å². The second-order valence-corrected chi connectivity index (χ2v) is 5.76. The van der Waals surface area contributed by atoms with E-state index < -0.39 is 0 Å². The average Bonchev–Trinajstić information content (AvgIpc) is 3.17. The van der Waals surface area contributed by atoms with E-state index in [1.54, 1.807) is 37.8 Å². The Morgan fingerprint density at radius 2 is 2.08 bits per heavy atom. The minimum absolute atomic E-state index is 0.0423. The van der Waals surface area contributed by atoms with Crippen LogP contribution in [0.25, 0.3) is 11.3 Å². The largest absolute Gasteiger partial charge is 0.472 e. The number of aromatic nitrogens is 2. The number of halogens is 1. The van der Waals surface area contributed by atoms with Gasteiger partial charge in [0.2, 0.25) is 0 Å². The van der Waals surface area contributed by atoms with Crippen LogP contribution in [-0.4, -0.2) is 21.7 Å². The van der Waals surface area contributed by atoms with Crippen LogP contribution >= 0.6 is 0 Å². The highest BCUT2D eigenvalue weighted by molar-refractivity contribution is 5.93. The fraction of sp³-hybridized carbons (Fsp3) is 0.222. The number of hydrogen-bond donors (Lipinski definition) is 1. The van der Waals surface area contributed by atoms with Gasteiger partial charge in [-0.2, -0.15) is 5.10 Å². The maximum absolute atomic E-state index is 13.0. The minimum Gasteiger partial charge on any atom is -0.472 e. The molecule has 5 nitrogen and oxygen atoms in total. The van der Waals surface area contributed by atoms with Crippen LogP contribution in [0.5, 0.6) is 0 Å². The molecule has 0 bridgehead atoms. The van der Waals surface area contributed by atoms with E-state index in [2.05, 4.69) is 10.4 Å². The molecule has 24 heavy (non-hydrogen) atoms. The zero-order valence-electron chi connectivity index (χ0n) is 13.5. The number of hydrogen-bond acceptors (Lipinski definition) is 3. The van der Waals surface area contributed by atoms with E-state index in [0.29, 0.717) is 17.8 Å². The maximum atomic E-state index is 13.0. The van der Waals surface area contributed by atoms with E-state index in [-0.39, 0.29) is 17.8 Å². The molecule has 0 aliphatic rings. The van der Waals surface area contributed by atoms with E-state index in [9.17, 15) is 9.18 Å². The maximum Gasteiger partial charge on any atom is 0.269 e. The van der Waals surface area contributed by atoms with Crippen LogP contribution in [-0.2, 0) is 13.5 Å². The highest BCUT2D eigenvalue weighted by atomic mass is 19.1. The summed E-state index contributed by atoms with van der Waals surface area (Å²) in [4.78, 5) is 12.4. The fourth-order valence-corrected chi connectivity index (χ4v) is 2.55. The Hall–Kier alpha value is -2.89. The smallest absolute Gasteiger partial charge is 0.269 e. The standard InChI is InChI=1S/C18H18FN3O2/c1-12(9-13-7-8-24-11-13)20-18(23)17-10-16(21-22(17)2)14-3-5-15(19)6-4-14/h3-8,10-12H,9H2,1-2H3,(H,20,23). The van der Waals surface area contributed by atoms with E-state index in [4.69, 9.17) is 4.42 Å². The number of furan rings is 1. The lowest BCUT2D eigenvalue weighted by atomic mass is 10.1. The number of benzene rings is 1. The Morgan fingerprint density at radius 3 is 2.75 bits per heavy atom. The molecule has 0 aliphatic carbocycles. The molecule has 0 saturated heterocycles. The molecular formula is C18H18FN3O2. The van der Waals surface area contributed by atoms with Crippen molar-refractivity contribution in [3.63, 3.8) is 0 Å². The predicted octanol–water partition coefficient (Wildman–Crippen LogP) is 3.18. The SMILES string of the molecule is CC(Cc1ccoc1)NC(=O)c1cc(-c2ccc(F)cc2)nn1C. The Bertz CT molecular complexity index is 823. The molecule has 2 aromatic heterocycles. The first-order valence-electron chi connectivity index (χ1n) is 7.65. The molecule has 0 saturated carbocycles. The molecule has 1 unspecified atom stereocenters. The summed E-state index contributed by atoms with van der Waals surface area (Å²) in [5, 5.41) is 7.28. The first-order chi connectivity index (χ1) is 11.5. The van der Waals surface area contributed by atoms with Gasteiger partial charge in [-0.25, -0.2) is 4.39 Å². The number of carbonyl (C=O) groups excluding carboxylic acids is 1. The van der Waals surface area contributed by atoms with Gasteiger partial charge in [0.25, 0.3) is 5.91 Å². The van der Waals surface area contributed by atoms with E-state index in [1.807, 2.05) is 13.0 Å². The van der Waals surface area contributed by atoms with Gasteiger partial charge in [0, 0.05) is 18.7 Å². The molecule has 1 aromatic carbocycles. The zero-order valence-corrected chi connectivity index (χ0v) is 13.5. The van der Waals surface area contributed by atoms with Crippen molar-refractivity contribution < 1.29 is 13.6 Å². The molecule has 0 fully saturated rings. The third-order valence-corrected chi connectivity index (χ3v) is 3.75. The van der Waals surface area contributed by atoms with Gasteiger partial charge in [-0.05, 0) is 55.3 Å². The monoisotopic (exact) mass is 327 g/mol. The molecule has 1 atom stereocenters. The topological polar surface area (TPSA) is 60.1 Å². The van der Waals surface area contributed by atoms with Crippen molar-refractivity contribution in [3.05, 3.63) is 66.0 Å². The molecule has 3 aromatic rings. The van der Waals surface area contributed by atoms with Crippen molar-refractivity contribution in [3.8, 4) is 11.3 Å². The number of nitrogens with one attached hydrogen (secondary N) is 1. The van der Waals surface area contributed by atoms with Gasteiger partial charge in [0.05, 0.1) is 18.2 Å². The van der Waals surface area contributed by atoms with Gasteiger partial charge >= 0.3 is 0 Å². The average molecular weight is 327 g/mol. The molecule has 3 rings (SSSR count). The lowest BCUT2D eigenvalue weighted by Gasteiger charge is -2.12. The van der Waals surface area contributed by atoms with Gasteiger partial charge in [-0.1, -0.05) is 0 Å². The molecule has 0 aliphatic heterocycles. The normalized spacial score (nSPS) is 12.1. The first-order valence-corrected chi connectivity index (χ1v) is 7.65. The molecule has 1 N–H and O–H groups in total. The highest BCUT2D eigenvalue weighted by Crippen LogP contribution is 2.19. The lowest BCUT2D eigenvalue weighted by Crippen LogP contribution is -2.35. The number of carbonyl (C=O) groups is 1. The van der Waals surface area contributed by atoms with Gasteiger partial charge in [0.15, 0.2) is 0 Å². The third-order valence-electron chi connectivity index (χ3n) is 3.75. The summed E-state index contributed by atoms with van der Waals surface area (Å²) in [5.74, 6) is -0.505. The van der Waals surface area contributed by atoms with Crippen LogP contribution in [0.3, 0.4) is 0 Å². The molecule has 0 radical (unpaired) electrons. The van der Waals surface area contributed by atoms with E-state index >= 15 is 0 Å². The van der Waals surface area contributed by atoms with Gasteiger partial charge in [-0.3, -0.25) is 9.48 Å². The van der Waals surface area contributed by atoms with Gasteiger partial charge in [0.1, 0.15) is 11.5 Å². The van der Waals surface area contributed by atoms with Crippen molar-refractivity contribution in [2.75, 3.05) is 0 Å². The number of amides is 1. The number of nitrogens with zero attached hydrogens (tertiary/aromatic N) is 2. The molecule has 0 spiro atoms. The summed E-state index contributed by atoms with van der Waals surface area (Å²) in [6, 6.07) is 9.56. The predicted molar refractivity (Wildman–Crippen MR) is 87.9 cm³/mol. The summed E-state index contributed by atoms with van der Waals surface area (Å²) < 4.78 is 19.6. The van der Waals surface area contributed by atoms with E-state index in [1.165, 1.54) is 16.8 Å². The van der Waals surface area contributed by atoms with E-state index in [0.717, 1.165) is 11.1 Å². The van der Waals surface area contributed by atoms with Gasteiger partial charge in [-0.15, -0.1) is 0 Å². The van der Waals surface area contributed by atoms with Crippen LogP contribution in [0.15, 0.2) is 53.3 Å². The summed E-state index contributed by atoms with van der Waals surface area (Å²) >= 11 is 0. The Morgan fingerprint density at radius 1 is 1.33 bits per heavy atom. The summed E-state index contributed by atoms with van der Waals surface area (Å²) in [6.07, 6.45) is 3.96. The molecule has 6 heteroatoms. The van der Waals surface area contributed by atoms with Crippen molar-refractivity contribution in [2.45, 2.75) is 19.4 Å². The first kappa shape index (κ1) is 16.0. The second kappa shape index (κ2) is 6.70. The number of aryl methyl sites for hydroxylation is 1. The third kappa shape index (κ3) is 3.53. The summed E-state index contributed by atoms with van der Waals surface area (Å²) in [5.41, 5.74) is 2.87. The van der Waals surface area contributed by atoms with Crippen molar-refractivity contribution in [1.29, 1.82) is 0 Å². The Kier molecular flexibility index (Phi) is 4.46.